The van der Waals surface area contributed by atoms with Crippen LogP contribution in [0.15, 0.2) is 58.8 Å². The number of alkyl halides is 6. The van der Waals surface area contributed by atoms with Crippen molar-refractivity contribution in [3.63, 3.8) is 0 Å². The molecule has 0 bridgehead atoms. The highest BCUT2D eigenvalue weighted by molar-refractivity contribution is 7.74. The number of benzene rings is 2. The van der Waals surface area contributed by atoms with Crippen molar-refractivity contribution >= 4 is 34.1 Å². The molecule has 0 aliphatic heterocycles. The van der Waals surface area contributed by atoms with Crippen LogP contribution in [0, 0.1) is 0 Å². The van der Waals surface area contributed by atoms with E-state index in [0.29, 0.717) is 6.42 Å². The van der Waals surface area contributed by atoms with Crippen LogP contribution in [0.2, 0.25) is 0 Å². The second-order valence-electron chi connectivity index (χ2n) is 6.56. The van der Waals surface area contributed by atoms with Crippen LogP contribution in [0.4, 0.5) is 26.3 Å². The van der Waals surface area contributed by atoms with Crippen molar-refractivity contribution in [2.75, 3.05) is 13.2 Å². The maximum Gasteiger partial charge on any atom is 0.437 e. The van der Waals surface area contributed by atoms with Gasteiger partial charge in [0.05, 0.1) is 13.2 Å². The second-order valence-corrected chi connectivity index (χ2v) is 7.72. The standard InChI is InChI=1S/C19H16F6N2O8S2/c20-18(21,22)16(26-34-36(28)29)12-2-6-14(7-3-12)32-10-1-11-33-15-8-4-13(5-9-15)17(19(23,24)25)27-35-37(30)31/h2-9H,1,10-11H2,(H,28,29)(H,30,31)/b26-16-,27-17-. The molecule has 0 spiro atoms. The van der Waals surface area contributed by atoms with Gasteiger partial charge in [0.1, 0.15) is 11.5 Å². The molecule has 2 rings (SSSR count). The number of nitrogens with zero attached hydrogens (tertiary/aromatic N) is 2. The van der Waals surface area contributed by atoms with Gasteiger partial charge in [-0.1, -0.05) is 10.3 Å². The van der Waals surface area contributed by atoms with Gasteiger partial charge in [-0.15, -0.1) is 0 Å². The number of rotatable bonds is 12. The lowest BCUT2D eigenvalue weighted by Gasteiger charge is -2.12. The Morgan fingerprint density at radius 3 is 1.27 bits per heavy atom. The van der Waals surface area contributed by atoms with E-state index in [9.17, 15) is 34.8 Å². The van der Waals surface area contributed by atoms with Gasteiger partial charge in [0.15, 0.2) is 11.4 Å². The minimum Gasteiger partial charge on any atom is -0.493 e. The second kappa shape index (κ2) is 13.4. The summed E-state index contributed by atoms with van der Waals surface area (Å²) in [4.78, 5) is 0. The number of hydrogen-bond acceptors (Lipinski definition) is 8. The van der Waals surface area contributed by atoms with Crippen LogP contribution in [0.1, 0.15) is 17.5 Å². The highest BCUT2D eigenvalue weighted by Crippen LogP contribution is 2.26. The molecular formula is C19H16F6N2O8S2. The molecule has 0 saturated heterocycles. The molecule has 2 N–H and O–H groups in total. The fourth-order valence-corrected chi connectivity index (χ4v) is 2.81. The van der Waals surface area contributed by atoms with Gasteiger partial charge < -0.3 is 9.47 Å². The Labute approximate surface area is 209 Å². The first-order valence-corrected chi connectivity index (χ1v) is 11.7. The topological polar surface area (TPSA) is 136 Å². The lowest BCUT2D eigenvalue weighted by Crippen LogP contribution is -2.24. The molecule has 18 heteroatoms. The van der Waals surface area contributed by atoms with E-state index in [2.05, 4.69) is 18.9 Å². The van der Waals surface area contributed by atoms with E-state index in [1.54, 1.807) is 0 Å². The molecule has 2 unspecified atom stereocenters. The van der Waals surface area contributed by atoms with Gasteiger partial charge in [-0.3, -0.25) is 17.7 Å². The van der Waals surface area contributed by atoms with E-state index in [1.165, 1.54) is 24.3 Å². The first kappa shape index (κ1) is 30.0. The van der Waals surface area contributed by atoms with Crippen LogP contribution in [0.5, 0.6) is 11.5 Å². The van der Waals surface area contributed by atoms with Crippen LogP contribution in [-0.4, -0.2) is 54.5 Å². The molecule has 37 heavy (non-hydrogen) atoms. The first-order valence-electron chi connectivity index (χ1n) is 9.61. The maximum atomic E-state index is 13.0. The largest absolute Gasteiger partial charge is 0.493 e. The number of halogens is 6. The molecule has 0 aliphatic rings. The zero-order valence-corrected chi connectivity index (χ0v) is 19.7. The van der Waals surface area contributed by atoms with Crippen molar-refractivity contribution in [1.82, 2.24) is 0 Å². The number of oxime groups is 2. The molecular weight excluding hydrogens is 562 g/mol. The summed E-state index contributed by atoms with van der Waals surface area (Å²) in [7, 11) is 0. The molecule has 10 nitrogen and oxygen atoms in total. The molecule has 0 amide bonds. The third-order valence-corrected chi connectivity index (χ3v) is 4.41. The van der Waals surface area contributed by atoms with Gasteiger partial charge in [-0.2, -0.15) is 34.8 Å². The quantitative estimate of drug-likeness (QED) is 0.125. The SMILES string of the molecule is O=S(O)O/N=C(/c1ccc(OCCCOc2ccc(/C(=N/OS(=O)O)C(F)(F)F)cc2)cc1)C(F)(F)F. The Bertz CT molecular complexity index is 1050. The average Bonchev–Trinajstić information content (AvgIpc) is 2.79. The van der Waals surface area contributed by atoms with E-state index in [-0.39, 0.29) is 24.7 Å². The fraction of sp³-hybridized carbons (Fsp3) is 0.263. The lowest BCUT2D eigenvalue weighted by molar-refractivity contribution is -0.0606. The highest BCUT2D eigenvalue weighted by Gasteiger charge is 2.39. The van der Waals surface area contributed by atoms with Gasteiger partial charge in [0, 0.05) is 17.5 Å². The Morgan fingerprint density at radius 1 is 0.676 bits per heavy atom. The summed E-state index contributed by atoms with van der Waals surface area (Å²) in [6.45, 7) is 0.148. The van der Waals surface area contributed by atoms with Crippen LogP contribution in [0.3, 0.4) is 0 Å². The molecule has 2 aromatic carbocycles. The summed E-state index contributed by atoms with van der Waals surface area (Å²) < 4.78 is 134. The number of hydrogen-bond donors (Lipinski definition) is 2. The van der Waals surface area contributed by atoms with E-state index in [1.807, 2.05) is 0 Å². The minimum atomic E-state index is -4.95. The average molecular weight is 578 g/mol. The van der Waals surface area contributed by atoms with E-state index in [0.717, 1.165) is 24.3 Å². The van der Waals surface area contributed by atoms with Gasteiger partial charge >= 0.3 is 35.1 Å². The molecule has 0 radical (unpaired) electrons. The zero-order valence-electron chi connectivity index (χ0n) is 18.1. The highest BCUT2D eigenvalue weighted by atomic mass is 32.2. The molecule has 204 valence electrons. The first-order chi connectivity index (χ1) is 17.3. The van der Waals surface area contributed by atoms with E-state index < -0.39 is 57.6 Å². The molecule has 0 fully saturated rings. The van der Waals surface area contributed by atoms with Gasteiger partial charge in [0.25, 0.3) is 0 Å². The van der Waals surface area contributed by atoms with Crippen molar-refractivity contribution in [3.8, 4) is 11.5 Å². The summed E-state index contributed by atoms with van der Waals surface area (Å²) in [5.74, 6) is 0.401. The molecule has 2 atom stereocenters. The fourth-order valence-electron chi connectivity index (χ4n) is 2.53. The van der Waals surface area contributed by atoms with Crippen molar-refractivity contribution in [3.05, 3.63) is 59.7 Å². The monoisotopic (exact) mass is 578 g/mol. The molecule has 2 aromatic rings. The van der Waals surface area contributed by atoms with Crippen molar-refractivity contribution in [2.45, 2.75) is 18.8 Å². The molecule has 0 aliphatic carbocycles. The van der Waals surface area contributed by atoms with Crippen LogP contribution in [0.25, 0.3) is 0 Å². The van der Waals surface area contributed by atoms with Crippen LogP contribution >= 0.6 is 0 Å². The smallest absolute Gasteiger partial charge is 0.437 e. The van der Waals surface area contributed by atoms with Crippen LogP contribution in [-0.2, 0) is 31.3 Å². The summed E-state index contributed by atoms with van der Waals surface area (Å²) in [6, 6.07) is 8.92. The normalized spacial score (nSPS) is 14.6. The van der Waals surface area contributed by atoms with Gasteiger partial charge in [0.2, 0.25) is 0 Å². The predicted octanol–water partition coefficient (Wildman–Crippen LogP) is 4.37. The molecule has 0 heterocycles. The Hall–Kier alpha value is -3.22. The van der Waals surface area contributed by atoms with Crippen LogP contribution < -0.4 is 9.47 Å². The van der Waals surface area contributed by atoms with Crippen molar-refractivity contribution in [2.24, 2.45) is 10.3 Å². The van der Waals surface area contributed by atoms with Gasteiger partial charge in [-0.25, -0.2) is 0 Å². The summed E-state index contributed by atoms with van der Waals surface area (Å²) in [6.07, 6.45) is -9.61. The van der Waals surface area contributed by atoms with E-state index >= 15 is 0 Å². The molecule has 0 aromatic heterocycles. The maximum absolute atomic E-state index is 13.0. The Balaban J connectivity index is 1.87. The lowest BCUT2D eigenvalue weighted by atomic mass is 10.1. The summed E-state index contributed by atoms with van der Waals surface area (Å²) >= 11 is -6.05. The number of ether oxygens (including phenoxy) is 2. The molecule has 0 saturated carbocycles. The van der Waals surface area contributed by atoms with E-state index in [4.69, 9.17) is 18.6 Å². The third kappa shape index (κ3) is 10.3. The Morgan fingerprint density at radius 2 is 1.00 bits per heavy atom. The minimum absolute atomic E-state index is 0.0742. The summed E-state index contributed by atoms with van der Waals surface area (Å²) in [5, 5.41) is 5.29. The zero-order chi connectivity index (χ0) is 27.6. The Kier molecular flexibility index (Phi) is 10.8. The summed E-state index contributed by atoms with van der Waals surface area (Å²) in [5.41, 5.74) is -3.92. The van der Waals surface area contributed by atoms with Gasteiger partial charge in [-0.05, 0) is 48.5 Å². The van der Waals surface area contributed by atoms with Crippen molar-refractivity contribution < 1.29 is 61.9 Å². The van der Waals surface area contributed by atoms with Crippen molar-refractivity contribution in [1.29, 1.82) is 0 Å². The predicted molar refractivity (Wildman–Crippen MR) is 117 cm³/mol. The third-order valence-electron chi connectivity index (χ3n) is 4.00.